The van der Waals surface area contributed by atoms with E-state index in [1.165, 1.54) is 37.3 Å². The van der Waals surface area contributed by atoms with Crippen LogP contribution in [0.1, 0.15) is 25.3 Å². The van der Waals surface area contributed by atoms with Crippen molar-refractivity contribution in [3.8, 4) is 5.75 Å². The van der Waals surface area contributed by atoms with Gasteiger partial charge in [-0.3, -0.25) is 4.79 Å². The lowest BCUT2D eigenvalue weighted by Crippen LogP contribution is -2.35. The molecule has 0 aromatic heterocycles. The maximum absolute atomic E-state index is 12.5. The summed E-state index contributed by atoms with van der Waals surface area (Å²) in [5, 5.41) is 19.7. The van der Waals surface area contributed by atoms with Crippen LogP contribution in [0.25, 0.3) is 6.08 Å². The van der Waals surface area contributed by atoms with Crippen LogP contribution in [0, 0.1) is 11.8 Å². The molecule has 0 radical (unpaired) electrons. The number of phenols is 1. The summed E-state index contributed by atoms with van der Waals surface area (Å²) in [5.41, 5.74) is 0.623. The predicted molar refractivity (Wildman–Crippen MR) is 98.9 cm³/mol. The molecular formula is C21H22O7. The van der Waals surface area contributed by atoms with Gasteiger partial charge in [0.25, 0.3) is 0 Å². The largest absolute Gasteiger partial charge is 0.508 e. The van der Waals surface area contributed by atoms with E-state index < -0.39 is 36.2 Å². The molecule has 2 N–H and O–H groups in total. The topological polar surface area (TPSA) is 110 Å². The van der Waals surface area contributed by atoms with Gasteiger partial charge in [-0.25, -0.2) is 9.59 Å². The van der Waals surface area contributed by atoms with Crippen LogP contribution < -0.4 is 0 Å². The van der Waals surface area contributed by atoms with Crippen LogP contribution in [0.4, 0.5) is 0 Å². The lowest BCUT2D eigenvalue weighted by Gasteiger charge is -2.24. The molecule has 1 aliphatic carbocycles. The Morgan fingerprint density at radius 3 is 2.86 bits per heavy atom. The molecule has 7 heteroatoms. The number of rotatable bonds is 7. The highest BCUT2D eigenvalue weighted by atomic mass is 16.6. The Kier molecular flexibility index (Phi) is 5.94. The van der Waals surface area contributed by atoms with Gasteiger partial charge in [0.05, 0.1) is 6.10 Å². The van der Waals surface area contributed by atoms with E-state index in [2.05, 4.69) is 0 Å². The van der Waals surface area contributed by atoms with Crippen LogP contribution in [0.3, 0.4) is 0 Å². The van der Waals surface area contributed by atoms with Gasteiger partial charge in [0, 0.05) is 24.5 Å². The average molecular weight is 386 g/mol. The van der Waals surface area contributed by atoms with Gasteiger partial charge in [0.1, 0.15) is 11.9 Å². The number of benzene rings is 1. The van der Waals surface area contributed by atoms with Crippen molar-refractivity contribution in [2.45, 2.75) is 38.1 Å². The fourth-order valence-corrected chi connectivity index (χ4v) is 3.30. The number of aliphatic hydroxyl groups excluding tert-OH is 1. The summed E-state index contributed by atoms with van der Waals surface area (Å²) in [4.78, 5) is 35.7. The minimum atomic E-state index is -0.947. The highest BCUT2D eigenvalue weighted by Gasteiger charge is 2.51. The molecule has 7 nitrogen and oxygen atoms in total. The molecule has 2 aliphatic rings. The summed E-state index contributed by atoms with van der Waals surface area (Å²) in [5.74, 6) is -2.08. The molecule has 148 valence electrons. The molecule has 1 saturated carbocycles. The van der Waals surface area contributed by atoms with E-state index in [1.54, 1.807) is 18.2 Å². The summed E-state index contributed by atoms with van der Waals surface area (Å²) in [6, 6.07) is 6.36. The number of ether oxygens (including phenoxy) is 2. The second kappa shape index (κ2) is 8.39. The molecule has 1 fully saturated rings. The molecule has 1 aromatic carbocycles. The standard InChI is InChI=1S/C21H22O7/c1-12(27-19(24)9-8-13-4-2-5-14(22)10-13)20(25)15-11-16(15)21(26)17-6-3-7-18(23)28-17/h2-5,7-10,12,15-17,21-22,26H,6,11H2,1H3/b9-8+/t12-,15+,16+,17-,21+/m1/s1. The van der Waals surface area contributed by atoms with E-state index in [9.17, 15) is 24.6 Å². The third-order valence-corrected chi connectivity index (χ3v) is 4.89. The van der Waals surface area contributed by atoms with Gasteiger partial charge in [0.15, 0.2) is 11.9 Å². The van der Waals surface area contributed by atoms with Crippen LogP contribution >= 0.6 is 0 Å². The van der Waals surface area contributed by atoms with Crippen molar-refractivity contribution in [3.63, 3.8) is 0 Å². The van der Waals surface area contributed by atoms with Crippen molar-refractivity contribution in [2.24, 2.45) is 11.8 Å². The number of aliphatic hydroxyl groups is 1. The highest BCUT2D eigenvalue weighted by Crippen LogP contribution is 2.44. The van der Waals surface area contributed by atoms with Gasteiger partial charge in [-0.1, -0.05) is 18.2 Å². The van der Waals surface area contributed by atoms with Crippen molar-refractivity contribution in [1.29, 1.82) is 0 Å². The van der Waals surface area contributed by atoms with E-state index in [1.807, 2.05) is 0 Å². The molecule has 3 rings (SSSR count). The van der Waals surface area contributed by atoms with Crippen molar-refractivity contribution >= 4 is 23.8 Å². The van der Waals surface area contributed by atoms with Crippen LogP contribution in [0.15, 0.2) is 42.5 Å². The Balaban J connectivity index is 1.49. The summed E-state index contributed by atoms with van der Waals surface area (Å²) in [7, 11) is 0. The lowest BCUT2D eigenvalue weighted by molar-refractivity contribution is -0.152. The average Bonchev–Trinajstić information content (AvgIpc) is 3.46. The predicted octanol–water partition coefficient (Wildman–Crippen LogP) is 1.77. The monoisotopic (exact) mass is 386 g/mol. The van der Waals surface area contributed by atoms with Gasteiger partial charge in [-0.05, 0) is 43.0 Å². The molecule has 0 unspecified atom stereocenters. The third-order valence-electron chi connectivity index (χ3n) is 4.89. The molecule has 0 bridgehead atoms. The molecule has 0 saturated heterocycles. The smallest absolute Gasteiger partial charge is 0.331 e. The lowest BCUT2D eigenvalue weighted by atomic mass is 10.0. The summed E-state index contributed by atoms with van der Waals surface area (Å²) >= 11 is 0. The van der Waals surface area contributed by atoms with Gasteiger partial charge in [0.2, 0.25) is 0 Å². The number of cyclic esters (lactones) is 1. The number of aromatic hydroxyl groups is 1. The Labute approximate surface area is 162 Å². The number of phenolic OH excluding ortho intramolecular Hbond substituents is 1. The number of carbonyl (C=O) groups is 3. The second-order valence-corrected chi connectivity index (χ2v) is 7.02. The normalized spacial score (nSPS) is 25.8. The van der Waals surface area contributed by atoms with E-state index in [0.29, 0.717) is 18.4 Å². The van der Waals surface area contributed by atoms with Crippen molar-refractivity contribution in [2.75, 3.05) is 0 Å². The highest BCUT2D eigenvalue weighted by molar-refractivity contribution is 5.93. The number of hydrogen-bond acceptors (Lipinski definition) is 7. The van der Waals surface area contributed by atoms with Gasteiger partial charge in [-0.2, -0.15) is 0 Å². The Morgan fingerprint density at radius 2 is 2.14 bits per heavy atom. The van der Waals surface area contributed by atoms with E-state index in [4.69, 9.17) is 9.47 Å². The number of Topliss-reactive ketones (excluding diaryl/α,β-unsaturated/α-hetero) is 1. The molecule has 5 atom stereocenters. The van der Waals surface area contributed by atoms with Crippen molar-refractivity contribution < 1.29 is 34.1 Å². The van der Waals surface area contributed by atoms with Gasteiger partial charge < -0.3 is 19.7 Å². The SMILES string of the molecule is C[C@@H](OC(=O)/C=C/c1cccc(O)c1)C(=O)[C@H]1C[C@@H]1[C@H](O)[C@H]1CC=CC(=O)O1. The van der Waals surface area contributed by atoms with E-state index in [0.717, 1.165) is 0 Å². The summed E-state index contributed by atoms with van der Waals surface area (Å²) in [6.45, 7) is 1.49. The molecule has 0 spiro atoms. The molecule has 1 heterocycles. The van der Waals surface area contributed by atoms with E-state index >= 15 is 0 Å². The first-order valence-electron chi connectivity index (χ1n) is 9.12. The van der Waals surface area contributed by atoms with Gasteiger partial charge in [-0.15, -0.1) is 0 Å². The molecule has 0 amide bonds. The minimum absolute atomic E-state index is 0.0801. The fourth-order valence-electron chi connectivity index (χ4n) is 3.30. The zero-order valence-corrected chi connectivity index (χ0v) is 15.4. The number of hydrogen-bond donors (Lipinski definition) is 2. The number of esters is 2. The third kappa shape index (κ3) is 4.86. The zero-order chi connectivity index (χ0) is 20.3. The molecule has 1 aliphatic heterocycles. The van der Waals surface area contributed by atoms with Crippen molar-refractivity contribution in [1.82, 2.24) is 0 Å². The van der Waals surface area contributed by atoms with Crippen LogP contribution in [0.2, 0.25) is 0 Å². The first kappa shape index (κ1) is 19.8. The molecule has 28 heavy (non-hydrogen) atoms. The first-order chi connectivity index (χ1) is 13.3. The van der Waals surface area contributed by atoms with Crippen LogP contribution in [0.5, 0.6) is 5.75 Å². The maximum Gasteiger partial charge on any atom is 0.331 e. The quantitative estimate of drug-likeness (QED) is 0.543. The number of carbonyl (C=O) groups excluding carboxylic acids is 3. The van der Waals surface area contributed by atoms with Crippen LogP contribution in [-0.2, 0) is 23.9 Å². The Bertz CT molecular complexity index is 826. The minimum Gasteiger partial charge on any atom is -0.508 e. The second-order valence-electron chi connectivity index (χ2n) is 7.02. The number of ketones is 1. The maximum atomic E-state index is 12.5. The zero-order valence-electron chi connectivity index (χ0n) is 15.4. The Morgan fingerprint density at radius 1 is 1.36 bits per heavy atom. The summed E-state index contributed by atoms with van der Waals surface area (Å²) in [6.07, 6.45) is 3.98. The van der Waals surface area contributed by atoms with Gasteiger partial charge >= 0.3 is 11.9 Å². The van der Waals surface area contributed by atoms with Crippen LogP contribution in [-0.4, -0.2) is 46.2 Å². The van der Waals surface area contributed by atoms with E-state index in [-0.39, 0.29) is 17.5 Å². The molecular weight excluding hydrogens is 364 g/mol. The first-order valence-corrected chi connectivity index (χ1v) is 9.12. The summed E-state index contributed by atoms with van der Waals surface area (Å²) < 4.78 is 10.2. The Hall–Kier alpha value is -2.93. The molecule has 1 aromatic rings. The fraction of sp³-hybridized carbons (Fsp3) is 0.381. The van der Waals surface area contributed by atoms with Crippen molar-refractivity contribution in [3.05, 3.63) is 48.1 Å².